The largest absolute Gasteiger partial charge is 0.264 e. The molecule has 0 aliphatic rings. The summed E-state index contributed by atoms with van der Waals surface area (Å²) >= 11 is 0. The Morgan fingerprint density at radius 1 is 0.917 bits per heavy atom. The van der Waals surface area contributed by atoms with E-state index in [9.17, 15) is 0 Å². The van der Waals surface area contributed by atoms with Crippen LogP contribution in [-0.2, 0) is 0 Å². The minimum atomic E-state index is 1.25. The minimum Gasteiger partial charge on any atom is -0.264 e. The number of aryl methyl sites for hydroxylation is 2. The second kappa shape index (κ2) is 2.59. The number of aromatic nitrogens is 1. The average molecular weight is 157 g/mol. The van der Waals surface area contributed by atoms with Gasteiger partial charge in [0.2, 0.25) is 0 Å². The Hall–Kier alpha value is -1.37. The zero-order chi connectivity index (χ0) is 8.55. The molecule has 0 bridgehead atoms. The van der Waals surface area contributed by atoms with Crippen molar-refractivity contribution in [2.24, 2.45) is 0 Å². The lowest BCUT2D eigenvalue weighted by atomic mass is 10.1. The number of pyridine rings is 1. The lowest BCUT2D eigenvalue weighted by Gasteiger charge is -2.02. The van der Waals surface area contributed by atoms with Gasteiger partial charge in [-0.1, -0.05) is 18.2 Å². The van der Waals surface area contributed by atoms with Gasteiger partial charge in [0.1, 0.15) is 0 Å². The molecule has 0 spiro atoms. The van der Waals surface area contributed by atoms with E-state index in [2.05, 4.69) is 37.0 Å². The molecule has 0 unspecified atom stereocenters. The minimum absolute atomic E-state index is 1.25. The van der Waals surface area contributed by atoms with Crippen LogP contribution in [0.3, 0.4) is 0 Å². The Morgan fingerprint density at radius 2 is 1.75 bits per heavy atom. The van der Waals surface area contributed by atoms with Gasteiger partial charge in [-0.3, -0.25) is 4.98 Å². The molecule has 1 aromatic heterocycles. The van der Waals surface area contributed by atoms with Crippen LogP contribution < -0.4 is 0 Å². The van der Waals surface area contributed by atoms with Crippen LogP contribution in [0.4, 0.5) is 0 Å². The van der Waals surface area contributed by atoms with E-state index in [0.29, 0.717) is 0 Å². The molecular weight excluding hydrogens is 146 g/mol. The summed E-state index contributed by atoms with van der Waals surface area (Å²) in [4.78, 5) is 4.17. The van der Waals surface area contributed by atoms with Crippen molar-refractivity contribution < 1.29 is 0 Å². The number of nitrogens with zero attached hydrogens (tertiary/aromatic N) is 1. The molecule has 0 N–H and O–H groups in total. The summed E-state index contributed by atoms with van der Waals surface area (Å²) in [5, 5.41) is 2.57. The van der Waals surface area contributed by atoms with E-state index >= 15 is 0 Å². The number of hydrogen-bond donors (Lipinski definition) is 0. The first-order chi connectivity index (χ1) is 5.79. The van der Waals surface area contributed by atoms with Gasteiger partial charge in [0.25, 0.3) is 0 Å². The third-order valence-corrected chi connectivity index (χ3v) is 2.22. The van der Waals surface area contributed by atoms with Crippen molar-refractivity contribution in [1.82, 2.24) is 4.98 Å². The van der Waals surface area contributed by atoms with E-state index < -0.39 is 0 Å². The maximum Gasteiger partial charge on any atom is 0.0349 e. The van der Waals surface area contributed by atoms with Crippen LogP contribution in [0.25, 0.3) is 10.8 Å². The summed E-state index contributed by atoms with van der Waals surface area (Å²) in [6.07, 6.45) is 3.83. The first-order valence-electron chi connectivity index (χ1n) is 4.09. The molecule has 0 amide bonds. The molecule has 0 fully saturated rings. The van der Waals surface area contributed by atoms with Crippen LogP contribution in [0.5, 0.6) is 0 Å². The zero-order valence-electron chi connectivity index (χ0n) is 7.33. The quantitative estimate of drug-likeness (QED) is 0.573. The maximum absolute atomic E-state index is 4.17. The summed E-state index contributed by atoms with van der Waals surface area (Å²) in [5.41, 5.74) is 2.54. The first-order valence-corrected chi connectivity index (χ1v) is 4.09. The van der Waals surface area contributed by atoms with Gasteiger partial charge >= 0.3 is 0 Å². The summed E-state index contributed by atoms with van der Waals surface area (Å²) in [7, 11) is 0. The normalized spacial score (nSPS) is 10.5. The van der Waals surface area contributed by atoms with E-state index in [4.69, 9.17) is 0 Å². The smallest absolute Gasteiger partial charge is 0.0349 e. The molecule has 0 saturated heterocycles. The summed E-state index contributed by atoms with van der Waals surface area (Å²) in [6.45, 7) is 4.21. The number of benzene rings is 1. The van der Waals surface area contributed by atoms with Crippen molar-refractivity contribution in [3.63, 3.8) is 0 Å². The van der Waals surface area contributed by atoms with Crippen molar-refractivity contribution in [3.05, 3.63) is 41.7 Å². The lowest BCUT2D eigenvalue weighted by Crippen LogP contribution is -1.83. The second-order valence-corrected chi connectivity index (χ2v) is 3.13. The summed E-state index contributed by atoms with van der Waals surface area (Å²) in [5.74, 6) is 0. The van der Waals surface area contributed by atoms with Crippen LogP contribution in [-0.4, -0.2) is 4.98 Å². The second-order valence-electron chi connectivity index (χ2n) is 3.13. The highest BCUT2D eigenvalue weighted by molar-refractivity contribution is 5.87. The van der Waals surface area contributed by atoms with E-state index in [1.165, 1.54) is 21.9 Å². The molecule has 0 radical (unpaired) electrons. The molecule has 2 rings (SSSR count). The van der Waals surface area contributed by atoms with Crippen LogP contribution in [0.1, 0.15) is 11.1 Å². The lowest BCUT2D eigenvalue weighted by molar-refractivity contribution is 1.30. The van der Waals surface area contributed by atoms with Crippen LogP contribution in [0, 0.1) is 13.8 Å². The van der Waals surface area contributed by atoms with Crippen molar-refractivity contribution in [2.45, 2.75) is 13.8 Å². The third kappa shape index (κ3) is 0.981. The van der Waals surface area contributed by atoms with Crippen LogP contribution in [0.2, 0.25) is 0 Å². The molecule has 60 valence electrons. The van der Waals surface area contributed by atoms with Crippen LogP contribution in [0.15, 0.2) is 30.6 Å². The predicted octanol–water partition coefficient (Wildman–Crippen LogP) is 2.85. The van der Waals surface area contributed by atoms with Gasteiger partial charge in [0, 0.05) is 17.8 Å². The highest BCUT2D eigenvalue weighted by Crippen LogP contribution is 2.19. The van der Waals surface area contributed by atoms with Crippen molar-refractivity contribution in [3.8, 4) is 0 Å². The molecule has 12 heavy (non-hydrogen) atoms. The van der Waals surface area contributed by atoms with Gasteiger partial charge in [0.05, 0.1) is 0 Å². The standard InChI is InChI=1S/C11H11N/c1-8-4-3-5-10-9(2)6-12-7-11(8)10/h3-7H,1-2H3. The highest BCUT2D eigenvalue weighted by atomic mass is 14.6. The highest BCUT2D eigenvalue weighted by Gasteiger charge is 1.97. The third-order valence-electron chi connectivity index (χ3n) is 2.22. The molecule has 1 aromatic carbocycles. The molecule has 0 atom stereocenters. The Bertz CT molecular complexity index is 377. The average Bonchev–Trinajstić information content (AvgIpc) is 2.07. The molecule has 0 aliphatic heterocycles. The van der Waals surface area contributed by atoms with E-state index in [0.717, 1.165) is 0 Å². The van der Waals surface area contributed by atoms with Crippen molar-refractivity contribution in [1.29, 1.82) is 0 Å². The molecule has 1 heteroatoms. The van der Waals surface area contributed by atoms with Crippen molar-refractivity contribution >= 4 is 10.8 Å². The number of hydrogen-bond acceptors (Lipinski definition) is 1. The Morgan fingerprint density at radius 3 is 2.50 bits per heavy atom. The molecule has 0 saturated carbocycles. The van der Waals surface area contributed by atoms with Crippen LogP contribution >= 0.6 is 0 Å². The topological polar surface area (TPSA) is 12.9 Å². The van der Waals surface area contributed by atoms with Gasteiger partial charge in [-0.2, -0.15) is 0 Å². The van der Waals surface area contributed by atoms with E-state index in [1.807, 2.05) is 12.4 Å². The Labute approximate surface area is 72.1 Å². The van der Waals surface area contributed by atoms with Gasteiger partial charge < -0.3 is 0 Å². The Balaban J connectivity index is 2.94. The molecule has 0 aliphatic carbocycles. The van der Waals surface area contributed by atoms with E-state index in [1.54, 1.807) is 0 Å². The first kappa shape index (κ1) is 7.29. The summed E-state index contributed by atoms with van der Waals surface area (Å²) < 4.78 is 0. The van der Waals surface area contributed by atoms with Crippen molar-refractivity contribution in [2.75, 3.05) is 0 Å². The zero-order valence-corrected chi connectivity index (χ0v) is 7.33. The molecule has 2 aromatic rings. The van der Waals surface area contributed by atoms with E-state index in [-0.39, 0.29) is 0 Å². The Kier molecular flexibility index (Phi) is 1.58. The fourth-order valence-corrected chi connectivity index (χ4v) is 1.49. The van der Waals surface area contributed by atoms with Gasteiger partial charge in [0.15, 0.2) is 0 Å². The molecule has 1 heterocycles. The number of rotatable bonds is 0. The van der Waals surface area contributed by atoms with Gasteiger partial charge in [-0.25, -0.2) is 0 Å². The molecular formula is C11H11N. The predicted molar refractivity (Wildman–Crippen MR) is 51.2 cm³/mol. The van der Waals surface area contributed by atoms with Gasteiger partial charge in [-0.05, 0) is 30.4 Å². The fraction of sp³-hybridized carbons (Fsp3) is 0.182. The summed E-state index contributed by atoms with van der Waals surface area (Å²) in [6, 6.07) is 6.34. The number of fused-ring (bicyclic) bond motifs is 1. The maximum atomic E-state index is 4.17. The SMILES string of the molecule is Cc1cncc2c(C)cccc12. The van der Waals surface area contributed by atoms with Gasteiger partial charge in [-0.15, -0.1) is 0 Å². The monoisotopic (exact) mass is 157 g/mol. The fourth-order valence-electron chi connectivity index (χ4n) is 1.49. The molecule has 1 nitrogen and oxygen atoms in total.